The van der Waals surface area contributed by atoms with Gasteiger partial charge >= 0.3 is 0 Å². The van der Waals surface area contributed by atoms with Crippen LogP contribution in [0.4, 0.5) is 0 Å². The van der Waals surface area contributed by atoms with Gasteiger partial charge in [-0.05, 0) is 37.3 Å². The Hall–Kier alpha value is -0.860. The zero-order valence-electron chi connectivity index (χ0n) is 10.2. The molecule has 0 amide bonds. The SMILES string of the molecule is C[C@@H](CNCCCCCO)c1ccccc1. The van der Waals surface area contributed by atoms with E-state index in [0.717, 1.165) is 32.4 Å². The fourth-order valence-electron chi connectivity index (χ4n) is 1.76. The van der Waals surface area contributed by atoms with E-state index in [1.54, 1.807) is 0 Å². The van der Waals surface area contributed by atoms with Crippen molar-refractivity contribution in [1.29, 1.82) is 0 Å². The van der Waals surface area contributed by atoms with Gasteiger partial charge in [0.1, 0.15) is 0 Å². The van der Waals surface area contributed by atoms with Crippen LogP contribution in [0, 0.1) is 0 Å². The minimum absolute atomic E-state index is 0.320. The first-order valence-corrected chi connectivity index (χ1v) is 6.21. The van der Waals surface area contributed by atoms with E-state index in [-0.39, 0.29) is 0 Å². The first-order valence-electron chi connectivity index (χ1n) is 6.21. The van der Waals surface area contributed by atoms with Crippen LogP contribution in [-0.4, -0.2) is 24.8 Å². The summed E-state index contributed by atoms with van der Waals surface area (Å²) in [7, 11) is 0. The third-order valence-corrected chi connectivity index (χ3v) is 2.83. The molecule has 0 aliphatic carbocycles. The van der Waals surface area contributed by atoms with Gasteiger partial charge in [-0.1, -0.05) is 37.3 Å². The molecule has 0 aliphatic heterocycles. The van der Waals surface area contributed by atoms with Crippen molar-refractivity contribution in [3.8, 4) is 0 Å². The van der Waals surface area contributed by atoms with Crippen LogP contribution in [0.25, 0.3) is 0 Å². The number of benzene rings is 1. The highest BCUT2D eigenvalue weighted by molar-refractivity contribution is 5.18. The second-order valence-corrected chi connectivity index (χ2v) is 4.30. The van der Waals surface area contributed by atoms with Gasteiger partial charge in [0, 0.05) is 13.2 Å². The van der Waals surface area contributed by atoms with Crippen LogP contribution in [0.15, 0.2) is 30.3 Å². The fourth-order valence-corrected chi connectivity index (χ4v) is 1.76. The van der Waals surface area contributed by atoms with Gasteiger partial charge in [-0.2, -0.15) is 0 Å². The zero-order chi connectivity index (χ0) is 11.6. The van der Waals surface area contributed by atoms with E-state index in [1.165, 1.54) is 5.56 Å². The van der Waals surface area contributed by atoms with Gasteiger partial charge in [-0.15, -0.1) is 0 Å². The molecule has 1 aromatic rings. The van der Waals surface area contributed by atoms with E-state index in [0.29, 0.717) is 12.5 Å². The van der Waals surface area contributed by atoms with Crippen molar-refractivity contribution in [3.05, 3.63) is 35.9 Å². The van der Waals surface area contributed by atoms with E-state index >= 15 is 0 Å². The highest BCUT2D eigenvalue weighted by Crippen LogP contribution is 2.12. The number of hydrogen-bond donors (Lipinski definition) is 2. The molecule has 0 heterocycles. The molecule has 0 saturated carbocycles. The van der Waals surface area contributed by atoms with Gasteiger partial charge in [-0.25, -0.2) is 0 Å². The molecule has 16 heavy (non-hydrogen) atoms. The monoisotopic (exact) mass is 221 g/mol. The summed E-state index contributed by atoms with van der Waals surface area (Å²) in [5.41, 5.74) is 1.39. The molecule has 2 nitrogen and oxygen atoms in total. The molecular formula is C14H23NO. The number of hydrogen-bond acceptors (Lipinski definition) is 2. The number of aliphatic hydroxyl groups is 1. The van der Waals surface area contributed by atoms with Crippen molar-refractivity contribution >= 4 is 0 Å². The second-order valence-electron chi connectivity index (χ2n) is 4.30. The molecule has 2 N–H and O–H groups in total. The van der Waals surface area contributed by atoms with E-state index < -0.39 is 0 Å². The summed E-state index contributed by atoms with van der Waals surface area (Å²) >= 11 is 0. The summed E-state index contributed by atoms with van der Waals surface area (Å²) in [6.07, 6.45) is 3.20. The second kappa shape index (κ2) is 8.31. The summed E-state index contributed by atoms with van der Waals surface area (Å²) in [6.45, 7) is 4.65. The van der Waals surface area contributed by atoms with Crippen molar-refractivity contribution in [2.75, 3.05) is 19.7 Å². The third-order valence-electron chi connectivity index (χ3n) is 2.83. The van der Waals surface area contributed by atoms with Gasteiger partial charge in [0.25, 0.3) is 0 Å². The summed E-state index contributed by atoms with van der Waals surface area (Å²) < 4.78 is 0. The van der Waals surface area contributed by atoms with E-state index in [1.807, 2.05) is 0 Å². The molecule has 1 atom stereocenters. The van der Waals surface area contributed by atoms with Crippen molar-refractivity contribution in [2.45, 2.75) is 32.1 Å². The van der Waals surface area contributed by atoms with E-state index in [9.17, 15) is 0 Å². The molecule has 0 saturated heterocycles. The highest BCUT2D eigenvalue weighted by Gasteiger charge is 2.03. The van der Waals surface area contributed by atoms with E-state index in [2.05, 4.69) is 42.6 Å². The van der Waals surface area contributed by atoms with Crippen LogP contribution in [0.1, 0.15) is 37.7 Å². The predicted octanol–water partition coefficient (Wildman–Crippen LogP) is 2.54. The maximum Gasteiger partial charge on any atom is 0.0431 e. The van der Waals surface area contributed by atoms with Crippen molar-refractivity contribution < 1.29 is 5.11 Å². The van der Waals surface area contributed by atoms with Crippen LogP contribution >= 0.6 is 0 Å². The summed E-state index contributed by atoms with van der Waals surface area (Å²) in [6, 6.07) is 10.6. The lowest BCUT2D eigenvalue weighted by Gasteiger charge is -2.12. The van der Waals surface area contributed by atoms with Gasteiger partial charge in [0.2, 0.25) is 0 Å². The Morgan fingerprint density at radius 2 is 1.88 bits per heavy atom. The molecule has 0 unspecified atom stereocenters. The zero-order valence-corrected chi connectivity index (χ0v) is 10.2. The number of rotatable bonds is 8. The predicted molar refractivity (Wildman–Crippen MR) is 68.7 cm³/mol. The standard InChI is InChI=1S/C14H23NO/c1-13(14-8-4-2-5-9-14)12-15-10-6-3-7-11-16/h2,4-5,8-9,13,15-16H,3,6-7,10-12H2,1H3/t13-/m0/s1. The topological polar surface area (TPSA) is 32.3 Å². The van der Waals surface area contributed by atoms with Crippen LogP contribution in [0.5, 0.6) is 0 Å². The Morgan fingerprint density at radius 3 is 2.56 bits per heavy atom. The lowest BCUT2D eigenvalue weighted by Crippen LogP contribution is -2.21. The normalized spacial score (nSPS) is 12.6. The van der Waals surface area contributed by atoms with Gasteiger partial charge in [0.05, 0.1) is 0 Å². The molecule has 1 rings (SSSR count). The van der Waals surface area contributed by atoms with Gasteiger partial charge in [0.15, 0.2) is 0 Å². The Balaban J connectivity index is 2.09. The smallest absolute Gasteiger partial charge is 0.0431 e. The molecule has 0 bridgehead atoms. The number of unbranched alkanes of at least 4 members (excludes halogenated alkanes) is 2. The summed E-state index contributed by atoms with van der Waals surface area (Å²) in [5, 5.41) is 12.1. The van der Waals surface area contributed by atoms with Gasteiger partial charge in [-0.3, -0.25) is 0 Å². The van der Waals surface area contributed by atoms with Crippen LogP contribution in [0.3, 0.4) is 0 Å². The number of aliphatic hydroxyl groups excluding tert-OH is 1. The maximum atomic E-state index is 8.64. The Morgan fingerprint density at radius 1 is 1.12 bits per heavy atom. The molecule has 0 fully saturated rings. The van der Waals surface area contributed by atoms with Crippen molar-refractivity contribution in [2.24, 2.45) is 0 Å². The average Bonchev–Trinajstić information content (AvgIpc) is 2.34. The minimum atomic E-state index is 0.320. The maximum absolute atomic E-state index is 8.64. The molecular weight excluding hydrogens is 198 g/mol. The first-order chi connectivity index (χ1) is 7.84. The first kappa shape index (κ1) is 13.2. The van der Waals surface area contributed by atoms with Crippen LogP contribution in [-0.2, 0) is 0 Å². The molecule has 0 spiro atoms. The number of nitrogens with one attached hydrogen (secondary N) is 1. The van der Waals surface area contributed by atoms with Crippen molar-refractivity contribution in [1.82, 2.24) is 5.32 Å². The van der Waals surface area contributed by atoms with Gasteiger partial charge < -0.3 is 10.4 Å². The largest absolute Gasteiger partial charge is 0.396 e. The molecule has 1 aromatic carbocycles. The Labute approximate surface area is 98.7 Å². The Bertz CT molecular complexity index is 261. The third kappa shape index (κ3) is 5.29. The molecule has 0 aliphatic rings. The van der Waals surface area contributed by atoms with Crippen LogP contribution < -0.4 is 5.32 Å². The van der Waals surface area contributed by atoms with E-state index in [4.69, 9.17) is 5.11 Å². The molecule has 2 heteroatoms. The lowest BCUT2D eigenvalue weighted by molar-refractivity contribution is 0.283. The summed E-state index contributed by atoms with van der Waals surface area (Å²) in [5.74, 6) is 0.569. The summed E-state index contributed by atoms with van der Waals surface area (Å²) in [4.78, 5) is 0. The Kier molecular flexibility index (Phi) is 6.86. The molecule has 0 aromatic heterocycles. The quantitative estimate of drug-likeness (QED) is 0.661. The highest BCUT2D eigenvalue weighted by atomic mass is 16.2. The fraction of sp³-hybridized carbons (Fsp3) is 0.571. The minimum Gasteiger partial charge on any atom is -0.396 e. The average molecular weight is 221 g/mol. The lowest BCUT2D eigenvalue weighted by atomic mass is 10.0. The van der Waals surface area contributed by atoms with Crippen LogP contribution in [0.2, 0.25) is 0 Å². The molecule has 0 radical (unpaired) electrons. The van der Waals surface area contributed by atoms with Crippen molar-refractivity contribution in [3.63, 3.8) is 0 Å². The molecule has 90 valence electrons.